The van der Waals surface area contributed by atoms with Gasteiger partial charge < -0.3 is 5.32 Å². The molecule has 1 aliphatic carbocycles. The Morgan fingerprint density at radius 2 is 1.79 bits per heavy atom. The van der Waals surface area contributed by atoms with Crippen molar-refractivity contribution in [2.75, 3.05) is 0 Å². The molecule has 1 unspecified atom stereocenters. The van der Waals surface area contributed by atoms with Gasteiger partial charge in [0.1, 0.15) is 0 Å². The van der Waals surface area contributed by atoms with E-state index in [9.17, 15) is 0 Å². The summed E-state index contributed by atoms with van der Waals surface area (Å²) in [6.45, 7) is 16.2. The van der Waals surface area contributed by atoms with Crippen LogP contribution in [0.15, 0.2) is 35.1 Å². The maximum absolute atomic E-state index is 3.60. The topological polar surface area (TPSA) is 12.0 Å². The first-order valence-electron chi connectivity index (χ1n) is 7.41. The van der Waals surface area contributed by atoms with Crippen molar-refractivity contribution < 1.29 is 0 Å². The van der Waals surface area contributed by atoms with Crippen LogP contribution in [0.25, 0.3) is 0 Å². The van der Waals surface area contributed by atoms with Crippen LogP contribution >= 0.6 is 0 Å². The van der Waals surface area contributed by atoms with Gasteiger partial charge in [0.2, 0.25) is 0 Å². The third-order valence-corrected chi connectivity index (χ3v) is 4.12. The second-order valence-electron chi connectivity index (χ2n) is 8.56. The molecule has 2 rings (SSSR count). The normalized spacial score (nSPS) is 27.2. The van der Waals surface area contributed by atoms with E-state index in [1.165, 1.54) is 16.7 Å². The van der Waals surface area contributed by atoms with E-state index in [2.05, 4.69) is 72.1 Å². The van der Waals surface area contributed by atoms with Crippen molar-refractivity contribution in [3.63, 3.8) is 0 Å². The molecule has 0 aromatic carbocycles. The summed E-state index contributed by atoms with van der Waals surface area (Å²) < 4.78 is 0. The SMILES string of the molecule is CC(C)(C)CC1=CNC2(C)CC=C(C(C)(C)C)C=C12. The zero-order valence-corrected chi connectivity index (χ0v) is 13.6. The molecule has 0 fully saturated rings. The lowest BCUT2D eigenvalue weighted by Gasteiger charge is -2.35. The van der Waals surface area contributed by atoms with E-state index in [4.69, 9.17) is 0 Å². The van der Waals surface area contributed by atoms with Crippen LogP contribution in [0.1, 0.15) is 61.3 Å². The van der Waals surface area contributed by atoms with Crippen molar-refractivity contribution in [3.05, 3.63) is 35.1 Å². The summed E-state index contributed by atoms with van der Waals surface area (Å²) in [5.41, 5.74) is 5.17. The molecule has 2 aliphatic rings. The number of hydrogen-bond donors (Lipinski definition) is 1. The Balaban J connectivity index is 2.33. The van der Waals surface area contributed by atoms with Crippen molar-refractivity contribution in [3.8, 4) is 0 Å². The summed E-state index contributed by atoms with van der Waals surface area (Å²) in [4.78, 5) is 0. The highest BCUT2D eigenvalue weighted by Gasteiger charge is 2.38. The molecule has 0 radical (unpaired) electrons. The first-order valence-corrected chi connectivity index (χ1v) is 7.41. The summed E-state index contributed by atoms with van der Waals surface area (Å²) in [6.07, 6.45) is 9.32. The number of fused-ring (bicyclic) bond motifs is 1. The lowest BCUT2D eigenvalue weighted by Crippen LogP contribution is -2.38. The molecule has 0 saturated heterocycles. The van der Waals surface area contributed by atoms with Crippen molar-refractivity contribution in [1.82, 2.24) is 5.32 Å². The summed E-state index contributed by atoms with van der Waals surface area (Å²) in [5, 5.41) is 3.60. The largest absolute Gasteiger partial charge is 0.381 e. The first-order chi connectivity index (χ1) is 8.51. The summed E-state index contributed by atoms with van der Waals surface area (Å²) in [5.74, 6) is 0. The fourth-order valence-electron chi connectivity index (χ4n) is 2.95. The van der Waals surface area contributed by atoms with Gasteiger partial charge in [0.15, 0.2) is 0 Å². The molecule has 0 saturated carbocycles. The number of rotatable bonds is 1. The van der Waals surface area contributed by atoms with Crippen molar-refractivity contribution in [2.24, 2.45) is 10.8 Å². The molecule has 0 aromatic heterocycles. The molecule has 1 atom stereocenters. The average Bonchev–Trinajstić information content (AvgIpc) is 2.51. The van der Waals surface area contributed by atoms with Gasteiger partial charge >= 0.3 is 0 Å². The van der Waals surface area contributed by atoms with Crippen LogP contribution in [-0.2, 0) is 0 Å². The van der Waals surface area contributed by atoms with Gasteiger partial charge in [-0.1, -0.05) is 53.7 Å². The number of nitrogens with one attached hydrogen (secondary N) is 1. The molecule has 1 nitrogen and oxygen atoms in total. The highest BCUT2D eigenvalue weighted by molar-refractivity contribution is 5.52. The standard InChI is InChI=1S/C18H29N/c1-16(2,3)11-13-12-19-18(7)9-8-14(10-15(13)18)17(4,5)6/h8,10,12,19H,9,11H2,1-7H3. The van der Waals surface area contributed by atoms with Crippen LogP contribution in [0.4, 0.5) is 0 Å². The molecule has 19 heavy (non-hydrogen) atoms. The van der Waals surface area contributed by atoms with E-state index >= 15 is 0 Å². The zero-order valence-electron chi connectivity index (χ0n) is 13.6. The van der Waals surface area contributed by atoms with Gasteiger partial charge in [-0.25, -0.2) is 0 Å². The highest BCUT2D eigenvalue weighted by Crippen LogP contribution is 2.44. The van der Waals surface area contributed by atoms with Crippen LogP contribution in [-0.4, -0.2) is 5.54 Å². The molecular weight excluding hydrogens is 230 g/mol. The molecule has 106 valence electrons. The lowest BCUT2D eigenvalue weighted by molar-refractivity contribution is 0.407. The van der Waals surface area contributed by atoms with E-state index in [1.807, 2.05) is 0 Å². The van der Waals surface area contributed by atoms with Gasteiger partial charge in [0, 0.05) is 6.20 Å². The third kappa shape index (κ3) is 2.96. The maximum Gasteiger partial charge on any atom is 0.0629 e. The third-order valence-electron chi connectivity index (χ3n) is 4.12. The molecular formula is C18H29N. The van der Waals surface area contributed by atoms with Gasteiger partial charge in [-0.2, -0.15) is 0 Å². The second kappa shape index (κ2) is 4.26. The van der Waals surface area contributed by atoms with Crippen LogP contribution < -0.4 is 5.32 Å². The lowest BCUT2D eigenvalue weighted by atomic mass is 9.73. The predicted molar refractivity (Wildman–Crippen MR) is 83.9 cm³/mol. The van der Waals surface area contributed by atoms with Crippen LogP contribution in [0.2, 0.25) is 0 Å². The second-order valence-corrected chi connectivity index (χ2v) is 8.56. The molecule has 0 aromatic rings. The maximum atomic E-state index is 3.60. The smallest absolute Gasteiger partial charge is 0.0629 e. The fraction of sp³-hybridized carbons (Fsp3) is 0.667. The molecule has 1 aliphatic heterocycles. The Kier molecular flexibility index (Phi) is 3.24. The number of hydrogen-bond acceptors (Lipinski definition) is 1. The Morgan fingerprint density at radius 1 is 1.16 bits per heavy atom. The summed E-state index contributed by atoms with van der Waals surface area (Å²) >= 11 is 0. The van der Waals surface area contributed by atoms with Gasteiger partial charge in [-0.15, -0.1) is 0 Å². The van der Waals surface area contributed by atoms with Gasteiger partial charge in [0.05, 0.1) is 5.54 Å². The average molecular weight is 259 g/mol. The van der Waals surface area contributed by atoms with Crippen molar-refractivity contribution in [2.45, 2.75) is 66.8 Å². The minimum absolute atomic E-state index is 0.120. The molecule has 0 spiro atoms. The Hall–Kier alpha value is -0.980. The first kappa shape index (κ1) is 14.4. The minimum atomic E-state index is 0.120. The highest BCUT2D eigenvalue weighted by atomic mass is 15.0. The van der Waals surface area contributed by atoms with Gasteiger partial charge in [-0.3, -0.25) is 0 Å². The zero-order chi connectivity index (χ0) is 14.5. The Bertz CT molecular complexity index is 463. The molecule has 0 bridgehead atoms. The van der Waals surface area contributed by atoms with Gasteiger partial charge in [-0.05, 0) is 47.3 Å². The van der Waals surface area contributed by atoms with Crippen molar-refractivity contribution >= 4 is 0 Å². The summed E-state index contributed by atoms with van der Waals surface area (Å²) in [7, 11) is 0. The Labute approximate surface area is 118 Å². The van der Waals surface area contributed by atoms with Crippen LogP contribution in [0.5, 0.6) is 0 Å². The number of allylic oxidation sites excluding steroid dienone is 2. The predicted octanol–water partition coefficient (Wildman–Crippen LogP) is 4.97. The Morgan fingerprint density at radius 3 is 2.32 bits per heavy atom. The fourth-order valence-corrected chi connectivity index (χ4v) is 2.95. The molecule has 1 N–H and O–H groups in total. The van der Waals surface area contributed by atoms with E-state index < -0.39 is 0 Å². The quantitative estimate of drug-likeness (QED) is 0.701. The van der Waals surface area contributed by atoms with E-state index in [0.717, 1.165) is 12.8 Å². The van der Waals surface area contributed by atoms with Crippen molar-refractivity contribution in [1.29, 1.82) is 0 Å². The van der Waals surface area contributed by atoms with E-state index in [0.29, 0.717) is 5.41 Å². The van der Waals surface area contributed by atoms with Crippen LogP contribution in [0.3, 0.4) is 0 Å². The van der Waals surface area contributed by atoms with E-state index in [-0.39, 0.29) is 11.0 Å². The molecule has 1 heteroatoms. The van der Waals surface area contributed by atoms with E-state index in [1.54, 1.807) is 0 Å². The van der Waals surface area contributed by atoms with Crippen LogP contribution in [0, 0.1) is 10.8 Å². The monoisotopic (exact) mass is 259 g/mol. The molecule has 0 amide bonds. The summed E-state index contributed by atoms with van der Waals surface area (Å²) in [6, 6.07) is 0. The minimum Gasteiger partial charge on any atom is -0.381 e. The molecule has 1 heterocycles. The van der Waals surface area contributed by atoms with Gasteiger partial charge in [0.25, 0.3) is 0 Å².